The van der Waals surface area contributed by atoms with Crippen LogP contribution in [0.2, 0.25) is 10.0 Å². The van der Waals surface area contributed by atoms with Gasteiger partial charge in [0.1, 0.15) is 5.82 Å². The number of nitrogens with one attached hydrogen (secondary N) is 1. The zero-order valence-corrected chi connectivity index (χ0v) is 13.4. The zero-order valence-electron chi connectivity index (χ0n) is 11.1. The highest BCUT2D eigenvalue weighted by atomic mass is 35.5. The molecule has 0 saturated heterocycles. The first kappa shape index (κ1) is 15.5. The largest absolute Gasteiger partial charge is 0.376 e. The minimum absolute atomic E-state index is 0.0198. The molecule has 1 N–H and O–H groups in total. The Balaban J connectivity index is 2.20. The van der Waals surface area contributed by atoms with Crippen molar-refractivity contribution in [2.24, 2.45) is 0 Å². The summed E-state index contributed by atoms with van der Waals surface area (Å²) in [6, 6.07) is 10.7. The van der Waals surface area contributed by atoms with Crippen molar-refractivity contribution in [3.63, 3.8) is 0 Å². The van der Waals surface area contributed by atoms with Crippen LogP contribution < -0.4 is 5.32 Å². The Morgan fingerprint density at radius 1 is 1.10 bits per heavy atom. The summed E-state index contributed by atoms with van der Waals surface area (Å²) in [5.74, 6) is -0.442. The average molecular weight is 330 g/mol. The van der Waals surface area contributed by atoms with Gasteiger partial charge in [0.05, 0.1) is 15.7 Å². The smallest absolute Gasteiger partial charge is 0.126 e. The Bertz CT molecular complexity index is 578. The first-order chi connectivity index (χ1) is 9.51. The van der Waals surface area contributed by atoms with Crippen molar-refractivity contribution in [3.8, 4) is 0 Å². The summed E-state index contributed by atoms with van der Waals surface area (Å²) in [5.41, 5.74) is 1.66. The van der Waals surface area contributed by atoms with Crippen LogP contribution in [0.3, 0.4) is 0 Å². The summed E-state index contributed by atoms with van der Waals surface area (Å²) in [6.07, 6.45) is 2.04. The lowest BCUT2D eigenvalue weighted by Crippen LogP contribution is -2.07. The van der Waals surface area contributed by atoms with Crippen molar-refractivity contribution < 1.29 is 4.39 Å². The van der Waals surface area contributed by atoms with Gasteiger partial charge in [-0.25, -0.2) is 4.39 Å². The molecule has 0 spiro atoms. The average Bonchev–Trinajstić information content (AvgIpc) is 2.42. The molecule has 2 aromatic rings. The van der Waals surface area contributed by atoms with Crippen LogP contribution in [0.1, 0.15) is 18.5 Å². The second kappa shape index (κ2) is 6.70. The Labute approximate surface area is 132 Å². The minimum Gasteiger partial charge on any atom is -0.376 e. The molecule has 0 aliphatic heterocycles. The topological polar surface area (TPSA) is 12.0 Å². The number of thioether (sulfide) groups is 1. The van der Waals surface area contributed by atoms with Crippen LogP contribution in [0.25, 0.3) is 0 Å². The van der Waals surface area contributed by atoms with Crippen LogP contribution in [0.4, 0.5) is 10.1 Å². The van der Waals surface area contributed by atoms with Crippen LogP contribution in [-0.2, 0) is 0 Å². The molecule has 0 heterocycles. The van der Waals surface area contributed by atoms with Gasteiger partial charge in [-0.3, -0.25) is 0 Å². The maximum atomic E-state index is 13.2. The van der Waals surface area contributed by atoms with E-state index in [1.54, 1.807) is 11.8 Å². The van der Waals surface area contributed by atoms with Gasteiger partial charge in [0, 0.05) is 10.9 Å². The normalized spacial score (nSPS) is 12.2. The number of rotatable bonds is 4. The van der Waals surface area contributed by atoms with E-state index in [-0.39, 0.29) is 16.1 Å². The van der Waals surface area contributed by atoms with Gasteiger partial charge in [-0.1, -0.05) is 35.3 Å². The van der Waals surface area contributed by atoms with Gasteiger partial charge < -0.3 is 5.32 Å². The van der Waals surface area contributed by atoms with Crippen molar-refractivity contribution in [1.82, 2.24) is 0 Å². The van der Waals surface area contributed by atoms with Gasteiger partial charge in [0.25, 0.3) is 0 Å². The van der Waals surface area contributed by atoms with Crippen molar-refractivity contribution >= 4 is 40.7 Å². The summed E-state index contributed by atoms with van der Waals surface area (Å²) in [6.45, 7) is 2.00. The molecule has 2 rings (SSSR count). The van der Waals surface area contributed by atoms with Crippen molar-refractivity contribution in [3.05, 3.63) is 57.8 Å². The molecular weight excluding hydrogens is 316 g/mol. The minimum atomic E-state index is -0.442. The third kappa shape index (κ3) is 3.60. The van der Waals surface area contributed by atoms with E-state index in [1.165, 1.54) is 17.0 Å². The Morgan fingerprint density at radius 2 is 1.65 bits per heavy atom. The molecule has 2 aromatic carbocycles. The lowest BCUT2D eigenvalue weighted by molar-refractivity contribution is 0.628. The second-order valence-corrected chi connectivity index (χ2v) is 6.08. The van der Waals surface area contributed by atoms with Gasteiger partial charge in [-0.2, -0.15) is 0 Å². The fourth-order valence-corrected chi connectivity index (χ4v) is 2.85. The van der Waals surface area contributed by atoms with E-state index < -0.39 is 5.82 Å². The van der Waals surface area contributed by atoms with Gasteiger partial charge in [0.2, 0.25) is 0 Å². The zero-order chi connectivity index (χ0) is 14.7. The van der Waals surface area contributed by atoms with Crippen LogP contribution >= 0.6 is 35.0 Å². The highest BCUT2D eigenvalue weighted by Gasteiger charge is 2.12. The molecule has 5 heteroatoms. The van der Waals surface area contributed by atoms with E-state index >= 15 is 0 Å². The predicted molar refractivity (Wildman–Crippen MR) is 86.7 cm³/mol. The first-order valence-corrected chi connectivity index (χ1v) is 8.04. The molecule has 1 nitrogen and oxygen atoms in total. The molecule has 0 saturated carbocycles. The van der Waals surface area contributed by atoms with Gasteiger partial charge >= 0.3 is 0 Å². The molecule has 0 fully saturated rings. The first-order valence-electron chi connectivity index (χ1n) is 6.06. The molecule has 106 valence electrons. The fraction of sp³-hybridized carbons (Fsp3) is 0.200. The van der Waals surface area contributed by atoms with Crippen LogP contribution in [-0.4, -0.2) is 6.26 Å². The summed E-state index contributed by atoms with van der Waals surface area (Å²) in [7, 11) is 0. The molecule has 0 amide bonds. The van der Waals surface area contributed by atoms with Crippen LogP contribution in [0.15, 0.2) is 41.3 Å². The van der Waals surface area contributed by atoms with Crippen LogP contribution in [0, 0.1) is 5.82 Å². The van der Waals surface area contributed by atoms with Crippen molar-refractivity contribution in [2.75, 3.05) is 11.6 Å². The quantitative estimate of drug-likeness (QED) is 0.687. The van der Waals surface area contributed by atoms with Gasteiger partial charge in [-0.05, 0) is 43.0 Å². The number of hydrogen-bond acceptors (Lipinski definition) is 2. The lowest BCUT2D eigenvalue weighted by atomic mass is 10.1. The Kier molecular flexibility index (Phi) is 5.19. The fourth-order valence-electron chi connectivity index (χ4n) is 1.87. The lowest BCUT2D eigenvalue weighted by Gasteiger charge is -2.18. The Hall–Kier alpha value is -0.900. The molecule has 0 radical (unpaired) electrons. The number of benzene rings is 2. The summed E-state index contributed by atoms with van der Waals surface area (Å²) >= 11 is 13.7. The van der Waals surface area contributed by atoms with E-state index in [2.05, 4.69) is 29.6 Å². The highest BCUT2D eigenvalue weighted by Crippen LogP contribution is 2.34. The van der Waals surface area contributed by atoms with E-state index in [1.807, 2.05) is 13.2 Å². The van der Waals surface area contributed by atoms with Crippen molar-refractivity contribution in [2.45, 2.75) is 17.9 Å². The maximum absolute atomic E-state index is 13.2. The number of anilines is 1. The predicted octanol–water partition coefficient (Wildman–Crippen LogP) is 6.03. The van der Waals surface area contributed by atoms with E-state index in [0.29, 0.717) is 5.69 Å². The Morgan fingerprint density at radius 3 is 2.15 bits per heavy atom. The third-order valence-corrected chi connectivity index (χ3v) is 4.32. The molecule has 0 aliphatic carbocycles. The van der Waals surface area contributed by atoms with Crippen LogP contribution in [0.5, 0.6) is 0 Å². The van der Waals surface area contributed by atoms with E-state index in [4.69, 9.17) is 23.2 Å². The van der Waals surface area contributed by atoms with Gasteiger partial charge in [-0.15, -0.1) is 11.8 Å². The maximum Gasteiger partial charge on any atom is 0.126 e. The summed E-state index contributed by atoms with van der Waals surface area (Å²) in [4.78, 5) is 1.21. The molecule has 1 atom stereocenters. The molecule has 0 bridgehead atoms. The highest BCUT2D eigenvalue weighted by molar-refractivity contribution is 7.98. The summed E-state index contributed by atoms with van der Waals surface area (Å²) < 4.78 is 13.2. The molecule has 0 aromatic heterocycles. The molecule has 0 aliphatic rings. The van der Waals surface area contributed by atoms with E-state index in [9.17, 15) is 4.39 Å². The molecule has 1 unspecified atom stereocenters. The van der Waals surface area contributed by atoms with E-state index in [0.717, 1.165) is 5.56 Å². The standard InChI is InChI=1S/C15H14Cl2FNS/c1-9(10-3-5-12(20-2)6-4-10)19-15-13(16)7-11(18)8-14(15)17/h3-9,19H,1-2H3. The monoisotopic (exact) mass is 329 g/mol. The molecule has 20 heavy (non-hydrogen) atoms. The molecular formula is C15H14Cl2FNS. The summed E-state index contributed by atoms with van der Waals surface area (Å²) in [5, 5.41) is 3.78. The number of hydrogen-bond donors (Lipinski definition) is 1. The third-order valence-electron chi connectivity index (χ3n) is 2.98. The van der Waals surface area contributed by atoms with Gasteiger partial charge in [0.15, 0.2) is 0 Å². The SMILES string of the molecule is CSc1ccc(C(C)Nc2c(Cl)cc(F)cc2Cl)cc1. The number of halogens is 3. The second-order valence-electron chi connectivity index (χ2n) is 4.38. The van der Waals surface area contributed by atoms with Crippen molar-refractivity contribution in [1.29, 1.82) is 0 Å².